The van der Waals surface area contributed by atoms with Crippen molar-refractivity contribution in [1.82, 2.24) is 14.8 Å². The predicted molar refractivity (Wildman–Crippen MR) is 110 cm³/mol. The Kier molecular flexibility index (Phi) is 7.93. The van der Waals surface area contributed by atoms with Gasteiger partial charge in [-0.05, 0) is 43.7 Å². The minimum absolute atomic E-state index is 0.00674. The highest BCUT2D eigenvalue weighted by Gasteiger charge is 2.43. The molecule has 4 heterocycles. The second kappa shape index (κ2) is 10.5. The van der Waals surface area contributed by atoms with Crippen LogP contribution in [0.4, 0.5) is 13.2 Å². The van der Waals surface area contributed by atoms with Crippen molar-refractivity contribution < 1.29 is 37.4 Å². The van der Waals surface area contributed by atoms with E-state index in [-0.39, 0.29) is 17.7 Å². The maximum atomic E-state index is 12.8. The summed E-state index contributed by atoms with van der Waals surface area (Å²) in [5.74, 6) is -1.62. The van der Waals surface area contributed by atoms with E-state index >= 15 is 0 Å². The number of carboxylic acid groups (broad SMARTS) is 1. The van der Waals surface area contributed by atoms with Crippen LogP contribution in [0.3, 0.4) is 0 Å². The maximum Gasteiger partial charge on any atom is 0.490 e. The molecule has 3 saturated heterocycles. The van der Waals surface area contributed by atoms with Crippen LogP contribution in [-0.4, -0.2) is 83.2 Å². The third kappa shape index (κ3) is 6.43. The maximum absolute atomic E-state index is 12.8. The van der Waals surface area contributed by atoms with Crippen molar-refractivity contribution in [2.24, 2.45) is 17.8 Å². The summed E-state index contributed by atoms with van der Waals surface area (Å²) < 4.78 is 37.5. The van der Waals surface area contributed by atoms with Crippen LogP contribution in [0.2, 0.25) is 0 Å². The fraction of sp³-hybridized carbons (Fsp3) is 0.636. The Morgan fingerprint density at radius 2 is 1.79 bits per heavy atom. The van der Waals surface area contributed by atoms with Crippen molar-refractivity contribution in [1.29, 1.82) is 0 Å². The molecule has 3 aliphatic heterocycles. The average Bonchev–Trinajstić information content (AvgIpc) is 3.43. The highest BCUT2D eigenvalue weighted by atomic mass is 19.4. The van der Waals surface area contributed by atoms with Crippen LogP contribution in [0.25, 0.3) is 0 Å². The largest absolute Gasteiger partial charge is 0.490 e. The summed E-state index contributed by atoms with van der Waals surface area (Å²) in [6, 6.07) is 5.55. The number of carbonyl (C=O) groups excluding carboxylic acids is 2. The molecule has 2 amide bonds. The summed E-state index contributed by atoms with van der Waals surface area (Å²) in [6.45, 7) is 6.41. The van der Waals surface area contributed by atoms with Crippen LogP contribution in [0.1, 0.15) is 35.4 Å². The number of hydrogen-bond acceptors (Lipinski definition) is 5. The minimum Gasteiger partial charge on any atom is -0.475 e. The van der Waals surface area contributed by atoms with Crippen LogP contribution in [0.5, 0.6) is 0 Å². The second-order valence-electron chi connectivity index (χ2n) is 8.69. The molecular formula is C22H28F3N3O5. The first-order chi connectivity index (χ1) is 15.6. The number of carboxylic acids is 1. The van der Waals surface area contributed by atoms with Gasteiger partial charge in [0.25, 0.3) is 5.91 Å². The van der Waals surface area contributed by atoms with E-state index in [9.17, 15) is 22.8 Å². The molecule has 3 fully saturated rings. The third-order valence-electron chi connectivity index (χ3n) is 6.29. The lowest BCUT2D eigenvalue weighted by Gasteiger charge is -2.33. The molecule has 182 valence electrons. The molecule has 0 bridgehead atoms. The number of carbonyl (C=O) groups is 3. The number of aryl methyl sites for hydroxylation is 1. The second-order valence-corrected chi connectivity index (χ2v) is 8.69. The monoisotopic (exact) mass is 471 g/mol. The van der Waals surface area contributed by atoms with Gasteiger partial charge >= 0.3 is 12.1 Å². The summed E-state index contributed by atoms with van der Waals surface area (Å²) in [4.78, 5) is 42.5. The molecule has 0 aliphatic carbocycles. The molecule has 8 nitrogen and oxygen atoms in total. The SMILES string of the molecule is Cc1cccc(C(=O)N2C[C@@H]3COC[C@@H](CC(=O)N4CCCC4)[C@@H]3C2)n1.O=C(O)C(F)(F)F. The fourth-order valence-electron chi connectivity index (χ4n) is 4.62. The Balaban J connectivity index is 0.000000383. The quantitative estimate of drug-likeness (QED) is 0.727. The number of fused-ring (bicyclic) bond motifs is 1. The number of nitrogens with zero attached hydrogens (tertiary/aromatic N) is 3. The number of likely N-dealkylation sites (tertiary alicyclic amines) is 2. The van der Waals surface area contributed by atoms with E-state index in [1.54, 1.807) is 6.07 Å². The molecule has 0 radical (unpaired) electrons. The van der Waals surface area contributed by atoms with E-state index in [0.717, 1.165) is 31.6 Å². The van der Waals surface area contributed by atoms with Gasteiger partial charge in [0.15, 0.2) is 0 Å². The molecule has 4 rings (SSSR count). The number of aliphatic carboxylic acids is 1. The van der Waals surface area contributed by atoms with Gasteiger partial charge in [0.2, 0.25) is 5.91 Å². The van der Waals surface area contributed by atoms with Crippen LogP contribution in [0.15, 0.2) is 18.2 Å². The average molecular weight is 471 g/mol. The number of aromatic nitrogens is 1. The molecule has 1 aromatic heterocycles. The van der Waals surface area contributed by atoms with Crippen LogP contribution < -0.4 is 0 Å². The van der Waals surface area contributed by atoms with Crippen molar-refractivity contribution in [3.05, 3.63) is 29.6 Å². The minimum atomic E-state index is -5.08. The van der Waals surface area contributed by atoms with E-state index in [0.29, 0.717) is 50.3 Å². The van der Waals surface area contributed by atoms with Gasteiger partial charge in [-0.2, -0.15) is 13.2 Å². The molecule has 0 unspecified atom stereocenters. The Hall–Kier alpha value is -2.69. The van der Waals surface area contributed by atoms with Crippen LogP contribution >= 0.6 is 0 Å². The number of alkyl halides is 3. The number of hydrogen-bond donors (Lipinski definition) is 1. The number of ether oxygens (including phenoxy) is 1. The predicted octanol–water partition coefficient (Wildman–Crippen LogP) is 2.37. The van der Waals surface area contributed by atoms with Gasteiger partial charge in [0.1, 0.15) is 5.69 Å². The van der Waals surface area contributed by atoms with E-state index in [4.69, 9.17) is 14.6 Å². The van der Waals surface area contributed by atoms with Gasteiger partial charge in [-0.15, -0.1) is 0 Å². The molecular weight excluding hydrogens is 443 g/mol. The Labute approximate surface area is 189 Å². The first-order valence-corrected chi connectivity index (χ1v) is 10.9. The number of halogens is 3. The van der Waals surface area contributed by atoms with E-state index in [1.807, 2.05) is 28.9 Å². The van der Waals surface area contributed by atoms with Crippen molar-refractivity contribution >= 4 is 17.8 Å². The van der Waals surface area contributed by atoms with Crippen molar-refractivity contribution in [3.8, 4) is 0 Å². The third-order valence-corrected chi connectivity index (χ3v) is 6.29. The lowest BCUT2D eigenvalue weighted by atomic mass is 9.81. The summed E-state index contributed by atoms with van der Waals surface area (Å²) in [6.07, 6.45) is -2.30. The molecule has 3 aliphatic rings. The number of amides is 2. The first kappa shape index (κ1) is 24.9. The van der Waals surface area contributed by atoms with Crippen molar-refractivity contribution in [2.45, 2.75) is 32.4 Å². The van der Waals surface area contributed by atoms with Gasteiger partial charge in [-0.3, -0.25) is 9.59 Å². The highest BCUT2D eigenvalue weighted by Crippen LogP contribution is 2.36. The normalized spacial score (nSPS) is 24.7. The highest BCUT2D eigenvalue weighted by molar-refractivity contribution is 5.92. The Morgan fingerprint density at radius 3 is 2.39 bits per heavy atom. The Morgan fingerprint density at radius 1 is 1.12 bits per heavy atom. The fourth-order valence-corrected chi connectivity index (χ4v) is 4.62. The van der Waals surface area contributed by atoms with Gasteiger partial charge in [-0.25, -0.2) is 9.78 Å². The molecule has 11 heteroatoms. The first-order valence-electron chi connectivity index (χ1n) is 10.9. The van der Waals surface area contributed by atoms with Crippen LogP contribution in [-0.2, 0) is 14.3 Å². The molecule has 33 heavy (non-hydrogen) atoms. The van der Waals surface area contributed by atoms with E-state index in [1.165, 1.54) is 0 Å². The zero-order valence-electron chi connectivity index (χ0n) is 18.4. The molecule has 1 aromatic rings. The van der Waals surface area contributed by atoms with Crippen molar-refractivity contribution in [3.63, 3.8) is 0 Å². The van der Waals surface area contributed by atoms with Crippen LogP contribution in [0, 0.1) is 24.7 Å². The molecule has 0 aromatic carbocycles. The molecule has 3 atom stereocenters. The van der Waals surface area contributed by atoms with Gasteiger partial charge in [0, 0.05) is 44.2 Å². The van der Waals surface area contributed by atoms with Crippen molar-refractivity contribution in [2.75, 3.05) is 39.4 Å². The standard InChI is InChI=1S/C20H27N3O3.C2HF3O2/c1-14-5-4-6-18(21-14)20(25)23-10-16-13-26-12-15(17(16)11-23)9-19(24)22-7-2-3-8-22;3-2(4,5)1(6)7/h4-6,15-17H,2-3,7-13H2,1H3;(H,6,7)/t15-,16-,17+;/m1./s1. The summed E-state index contributed by atoms with van der Waals surface area (Å²) in [7, 11) is 0. The molecule has 1 N–H and O–H groups in total. The van der Waals surface area contributed by atoms with E-state index in [2.05, 4.69) is 4.98 Å². The van der Waals surface area contributed by atoms with Gasteiger partial charge < -0.3 is 19.6 Å². The molecule has 0 saturated carbocycles. The van der Waals surface area contributed by atoms with Gasteiger partial charge in [-0.1, -0.05) is 6.07 Å². The smallest absolute Gasteiger partial charge is 0.475 e. The van der Waals surface area contributed by atoms with E-state index < -0.39 is 12.1 Å². The molecule has 0 spiro atoms. The number of pyridine rings is 1. The zero-order chi connectivity index (χ0) is 24.2. The van der Waals surface area contributed by atoms with Gasteiger partial charge in [0.05, 0.1) is 13.2 Å². The lowest BCUT2D eigenvalue weighted by molar-refractivity contribution is -0.192. The number of rotatable bonds is 3. The zero-order valence-corrected chi connectivity index (χ0v) is 18.4. The summed E-state index contributed by atoms with van der Waals surface area (Å²) in [5, 5.41) is 7.12. The topological polar surface area (TPSA) is 100 Å². The summed E-state index contributed by atoms with van der Waals surface area (Å²) >= 11 is 0. The Bertz CT molecular complexity index is 873. The summed E-state index contributed by atoms with van der Waals surface area (Å²) in [5.41, 5.74) is 1.36. The lowest BCUT2D eigenvalue weighted by Crippen LogP contribution is -2.39.